The zero-order valence-corrected chi connectivity index (χ0v) is 9.18. The van der Waals surface area contributed by atoms with Crippen molar-refractivity contribution in [2.24, 2.45) is 0 Å². The minimum absolute atomic E-state index is 0.0489. The molecule has 3 rings (SSSR count). The van der Waals surface area contributed by atoms with Crippen molar-refractivity contribution < 1.29 is 9.52 Å². The molecule has 0 radical (unpaired) electrons. The van der Waals surface area contributed by atoms with E-state index >= 15 is 0 Å². The Morgan fingerprint density at radius 3 is 2.78 bits per heavy atom. The van der Waals surface area contributed by atoms with E-state index in [0.717, 1.165) is 0 Å². The lowest BCUT2D eigenvalue weighted by atomic mass is 10.0. The van der Waals surface area contributed by atoms with Crippen LogP contribution in [-0.4, -0.2) is 5.11 Å². The van der Waals surface area contributed by atoms with Crippen molar-refractivity contribution in [3.05, 3.63) is 52.2 Å². The highest BCUT2D eigenvalue weighted by Crippen LogP contribution is 2.33. The minimum Gasteiger partial charge on any atom is -0.508 e. The van der Waals surface area contributed by atoms with Gasteiger partial charge in [0.05, 0.1) is 5.56 Å². The van der Waals surface area contributed by atoms with E-state index in [4.69, 9.17) is 4.42 Å². The predicted octanol–water partition coefficient (Wildman–Crippen LogP) is 2.48. The molecule has 0 saturated carbocycles. The SMILES string of the molecule is N#Cc1c2ccc(=O)cc-2oc2cc(O)ccc12. The second-order valence-electron chi connectivity index (χ2n) is 3.93. The van der Waals surface area contributed by atoms with Crippen LogP contribution in [0.5, 0.6) is 5.75 Å². The largest absolute Gasteiger partial charge is 0.508 e. The number of phenolic OH excluding ortho intramolecular Hbond substituents is 1. The Labute approximate surface area is 102 Å². The molecule has 1 heterocycles. The van der Waals surface area contributed by atoms with Gasteiger partial charge in [-0.3, -0.25) is 4.79 Å². The molecular weight excluding hydrogens is 230 g/mol. The number of hydrogen-bond donors (Lipinski definition) is 1. The van der Waals surface area contributed by atoms with Crippen molar-refractivity contribution in [1.82, 2.24) is 0 Å². The van der Waals surface area contributed by atoms with Crippen molar-refractivity contribution in [3.8, 4) is 23.1 Å². The van der Waals surface area contributed by atoms with Gasteiger partial charge in [-0.1, -0.05) is 0 Å². The Morgan fingerprint density at radius 2 is 2.00 bits per heavy atom. The highest BCUT2D eigenvalue weighted by atomic mass is 16.3. The Hall–Kier alpha value is -2.80. The quantitative estimate of drug-likeness (QED) is 0.609. The molecule has 0 saturated heterocycles. The molecule has 2 aliphatic rings. The Balaban J connectivity index is 2.57. The first-order chi connectivity index (χ1) is 8.69. The zero-order chi connectivity index (χ0) is 12.7. The maximum Gasteiger partial charge on any atom is 0.182 e. The van der Waals surface area contributed by atoms with Gasteiger partial charge in [-0.2, -0.15) is 5.26 Å². The number of fused-ring (bicyclic) bond motifs is 2. The van der Waals surface area contributed by atoms with E-state index in [0.29, 0.717) is 27.9 Å². The molecular formula is C14H7NO3. The third-order valence-corrected chi connectivity index (χ3v) is 2.79. The van der Waals surface area contributed by atoms with Gasteiger partial charge in [0, 0.05) is 23.1 Å². The molecule has 0 bridgehead atoms. The van der Waals surface area contributed by atoms with Crippen molar-refractivity contribution in [2.45, 2.75) is 0 Å². The number of benzene rings is 2. The van der Waals surface area contributed by atoms with Crippen LogP contribution in [0.2, 0.25) is 0 Å². The third kappa shape index (κ3) is 1.42. The van der Waals surface area contributed by atoms with Crippen LogP contribution in [0.4, 0.5) is 0 Å². The topological polar surface area (TPSA) is 74.2 Å². The van der Waals surface area contributed by atoms with Gasteiger partial charge in [0.25, 0.3) is 0 Å². The first kappa shape index (κ1) is 10.4. The lowest BCUT2D eigenvalue weighted by Gasteiger charge is -2.09. The molecule has 1 N–H and O–H groups in total. The number of nitrogens with zero attached hydrogens (tertiary/aromatic N) is 1. The van der Waals surface area contributed by atoms with E-state index in [1.807, 2.05) is 0 Å². The molecule has 0 amide bonds. The van der Waals surface area contributed by atoms with Crippen LogP contribution in [0, 0.1) is 11.3 Å². The highest BCUT2D eigenvalue weighted by molar-refractivity contribution is 5.91. The number of nitriles is 1. The van der Waals surface area contributed by atoms with Crippen LogP contribution >= 0.6 is 0 Å². The van der Waals surface area contributed by atoms with Crippen LogP contribution in [0.15, 0.2) is 45.6 Å². The fourth-order valence-corrected chi connectivity index (χ4v) is 1.98. The van der Waals surface area contributed by atoms with Crippen LogP contribution in [0.25, 0.3) is 22.3 Å². The first-order valence-electron chi connectivity index (χ1n) is 5.29. The second kappa shape index (κ2) is 3.60. The summed E-state index contributed by atoms with van der Waals surface area (Å²) in [6.07, 6.45) is 0. The summed E-state index contributed by atoms with van der Waals surface area (Å²) in [5, 5.41) is 19.3. The standard InChI is InChI=1S/C14H7NO3/c15-7-12-10-3-1-8(16)5-13(10)18-14-6-9(17)2-4-11(12)14/h1-6,16H. The summed E-state index contributed by atoms with van der Waals surface area (Å²) in [6, 6.07) is 10.9. The van der Waals surface area contributed by atoms with E-state index in [-0.39, 0.29) is 11.2 Å². The number of hydrogen-bond acceptors (Lipinski definition) is 4. The van der Waals surface area contributed by atoms with Crippen LogP contribution in [0.3, 0.4) is 0 Å². The summed E-state index contributed by atoms with van der Waals surface area (Å²) in [7, 11) is 0. The third-order valence-electron chi connectivity index (χ3n) is 2.79. The molecule has 86 valence electrons. The number of phenols is 1. The van der Waals surface area contributed by atoms with Crippen molar-refractivity contribution in [1.29, 1.82) is 5.26 Å². The molecule has 1 aromatic carbocycles. The summed E-state index contributed by atoms with van der Waals surface area (Å²) in [5.41, 5.74) is 1.22. The molecule has 1 aliphatic carbocycles. The fourth-order valence-electron chi connectivity index (χ4n) is 1.98. The minimum atomic E-state index is -0.186. The van der Waals surface area contributed by atoms with Crippen LogP contribution in [0.1, 0.15) is 5.56 Å². The van der Waals surface area contributed by atoms with E-state index in [1.54, 1.807) is 12.1 Å². The summed E-state index contributed by atoms with van der Waals surface area (Å²) < 4.78 is 5.54. The molecule has 0 unspecified atom stereocenters. The maximum atomic E-state index is 11.3. The second-order valence-corrected chi connectivity index (χ2v) is 3.93. The molecule has 1 aliphatic heterocycles. The van der Waals surface area contributed by atoms with Crippen molar-refractivity contribution in [2.75, 3.05) is 0 Å². The summed E-state index contributed by atoms with van der Waals surface area (Å²) in [6.45, 7) is 0. The molecule has 0 fully saturated rings. The van der Waals surface area contributed by atoms with Gasteiger partial charge in [0.1, 0.15) is 23.2 Å². The average Bonchev–Trinajstić information content (AvgIpc) is 2.35. The molecule has 4 nitrogen and oxygen atoms in total. The van der Waals surface area contributed by atoms with Crippen molar-refractivity contribution >= 4 is 11.0 Å². The van der Waals surface area contributed by atoms with E-state index in [9.17, 15) is 15.2 Å². The van der Waals surface area contributed by atoms with Crippen LogP contribution < -0.4 is 5.43 Å². The van der Waals surface area contributed by atoms with Crippen molar-refractivity contribution in [3.63, 3.8) is 0 Å². The number of rotatable bonds is 0. The normalized spacial score (nSPS) is 10.6. The Morgan fingerprint density at radius 1 is 1.17 bits per heavy atom. The molecule has 0 aromatic heterocycles. The van der Waals surface area contributed by atoms with Gasteiger partial charge in [0.15, 0.2) is 5.43 Å². The van der Waals surface area contributed by atoms with E-state index < -0.39 is 0 Å². The summed E-state index contributed by atoms with van der Waals surface area (Å²) >= 11 is 0. The lowest BCUT2D eigenvalue weighted by Crippen LogP contribution is -1.99. The molecule has 18 heavy (non-hydrogen) atoms. The predicted molar refractivity (Wildman–Crippen MR) is 65.5 cm³/mol. The molecule has 1 aromatic rings. The zero-order valence-electron chi connectivity index (χ0n) is 9.18. The average molecular weight is 237 g/mol. The van der Waals surface area contributed by atoms with Gasteiger partial charge in [-0.25, -0.2) is 0 Å². The monoisotopic (exact) mass is 237 g/mol. The summed E-state index contributed by atoms with van der Waals surface area (Å²) in [5.74, 6) is 0.393. The maximum absolute atomic E-state index is 11.3. The number of aromatic hydroxyl groups is 1. The van der Waals surface area contributed by atoms with Crippen LogP contribution in [-0.2, 0) is 0 Å². The lowest BCUT2D eigenvalue weighted by molar-refractivity contribution is 0.474. The first-order valence-corrected chi connectivity index (χ1v) is 5.29. The molecule has 4 heteroatoms. The fraction of sp³-hybridized carbons (Fsp3) is 0. The highest BCUT2D eigenvalue weighted by Gasteiger charge is 2.15. The van der Waals surface area contributed by atoms with E-state index in [2.05, 4.69) is 6.07 Å². The Kier molecular flexibility index (Phi) is 2.07. The van der Waals surface area contributed by atoms with Gasteiger partial charge in [-0.05, 0) is 24.3 Å². The van der Waals surface area contributed by atoms with Gasteiger partial charge < -0.3 is 9.52 Å². The smallest absolute Gasteiger partial charge is 0.182 e. The van der Waals surface area contributed by atoms with Gasteiger partial charge >= 0.3 is 0 Å². The molecule has 0 atom stereocenters. The van der Waals surface area contributed by atoms with Gasteiger partial charge in [0.2, 0.25) is 0 Å². The molecule has 0 spiro atoms. The van der Waals surface area contributed by atoms with E-state index in [1.165, 1.54) is 24.3 Å². The van der Waals surface area contributed by atoms with Gasteiger partial charge in [-0.15, -0.1) is 0 Å². The summed E-state index contributed by atoms with van der Waals surface area (Å²) in [4.78, 5) is 11.3. The Bertz CT molecular complexity index is 827.